The van der Waals surface area contributed by atoms with Gasteiger partial charge in [-0.2, -0.15) is 0 Å². The molecule has 5 nitrogen and oxygen atoms in total. The summed E-state index contributed by atoms with van der Waals surface area (Å²) in [6.07, 6.45) is 1.05. The molecule has 27 heavy (non-hydrogen) atoms. The standard InChI is InChI=1S/C21H27N3O2S/c1-6-24-10-9-14-7-8-15(12-16(14)24)22-19(25)18-13(2)11-17(27-18)23-20(26)21(3,4)5/h7-8,11-12H,6,9-10H2,1-5H3,(H,22,25)(H,23,26). The zero-order chi connectivity index (χ0) is 19.8. The van der Waals surface area contributed by atoms with Crippen molar-refractivity contribution in [2.45, 2.75) is 41.0 Å². The SMILES string of the molecule is CCN1CCc2ccc(NC(=O)c3sc(NC(=O)C(C)(C)C)cc3C)cc21. The molecule has 1 aliphatic rings. The number of benzene rings is 1. The molecule has 6 heteroatoms. The number of carbonyl (C=O) groups excluding carboxylic acids is 2. The van der Waals surface area contributed by atoms with Crippen molar-refractivity contribution in [1.82, 2.24) is 0 Å². The number of thiophene rings is 1. The van der Waals surface area contributed by atoms with Crippen molar-refractivity contribution in [3.8, 4) is 0 Å². The van der Waals surface area contributed by atoms with Gasteiger partial charge in [-0.15, -0.1) is 11.3 Å². The number of hydrogen-bond donors (Lipinski definition) is 2. The third-order valence-corrected chi connectivity index (χ3v) is 5.91. The van der Waals surface area contributed by atoms with Gasteiger partial charge in [-0.3, -0.25) is 9.59 Å². The number of amides is 2. The summed E-state index contributed by atoms with van der Waals surface area (Å²) in [5, 5.41) is 6.60. The number of anilines is 3. The maximum atomic E-state index is 12.8. The summed E-state index contributed by atoms with van der Waals surface area (Å²) >= 11 is 1.31. The van der Waals surface area contributed by atoms with Crippen molar-refractivity contribution in [1.29, 1.82) is 0 Å². The van der Waals surface area contributed by atoms with Gasteiger partial charge in [0.25, 0.3) is 5.91 Å². The van der Waals surface area contributed by atoms with Crippen LogP contribution in [0.3, 0.4) is 0 Å². The van der Waals surface area contributed by atoms with E-state index in [0.29, 0.717) is 9.88 Å². The molecule has 0 saturated carbocycles. The zero-order valence-electron chi connectivity index (χ0n) is 16.6. The van der Waals surface area contributed by atoms with Gasteiger partial charge in [0.1, 0.15) is 0 Å². The fraction of sp³-hybridized carbons (Fsp3) is 0.429. The zero-order valence-corrected chi connectivity index (χ0v) is 17.4. The van der Waals surface area contributed by atoms with Crippen LogP contribution in [0.5, 0.6) is 0 Å². The second kappa shape index (κ2) is 7.35. The van der Waals surface area contributed by atoms with Crippen LogP contribution in [0.15, 0.2) is 24.3 Å². The molecule has 1 aliphatic heterocycles. The van der Waals surface area contributed by atoms with Crippen LogP contribution in [0.2, 0.25) is 0 Å². The molecule has 2 N–H and O–H groups in total. The first-order chi connectivity index (χ1) is 12.7. The molecular formula is C21H27N3O2S. The van der Waals surface area contributed by atoms with Gasteiger partial charge in [0.15, 0.2) is 0 Å². The van der Waals surface area contributed by atoms with E-state index in [-0.39, 0.29) is 11.8 Å². The van der Waals surface area contributed by atoms with Gasteiger partial charge in [0, 0.05) is 29.9 Å². The highest BCUT2D eigenvalue weighted by Gasteiger charge is 2.23. The van der Waals surface area contributed by atoms with Gasteiger partial charge in [-0.1, -0.05) is 26.8 Å². The fourth-order valence-electron chi connectivity index (χ4n) is 3.11. The quantitative estimate of drug-likeness (QED) is 0.803. The van der Waals surface area contributed by atoms with Crippen LogP contribution in [0.25, 0.3) is 0 Å². The molecule has 1 aromatic carbocycles. The lowest BCUT2D eigenvalue weighted by Crippen LogP contribution is -2.27. The normalized spacial score (nSPS) is 13.4. The van der Waals surface area contributed by atoms with Crippen LogP contribution in [-0.4, -0.2) is 24.9 Å². The number of fused-ring (bicyclic) bond motifs is 1. The molecule has 144 valence electrons. The summed E-state index contributed by atoms with van der Waals surface area (Å²) in [4.78, 5) is 27.9. The van der Waals surface area contributed by atoms with Gasteiger partial charge in [0.05, 0.1) is 9.88 Å². The Morgan fingerprint density at radius 3 is 2.59 bits per heavy atom. The minimum atomic E-state index is -0.476. The molecule has 0 radical (unpaired) electrons. The molecule has 0 atom stereocenters. The average Bonchev–Trinajstić information content (AvgIpc) is 3.16. The summed E-state index contributed by atoms with van der Waals surface area (Å²) in [5.74, 6) is -0.205. The largest absolute Gasteiger partial charge is 0.371 e. The van der Waals surface area contributed by atoms with E-state index in [0.717, 1.165) is 30.8 Å². The van der Waals surface area contributed by atoms with Crippen molar-refractivity contribution in [2.75, 3.05) is 28.6 Å². The van der Waals surface area contributed by atoms with E-state index in [4.69, 9.17) is 0 Å². The number of nitrogens with zero attached hydrogens (tertiary/aromatic N) is 1. The van der Waals surface area contributed by atoms with Crippen LogP contribution in [0, 0.1) is 12.3 Å². The van der Waals surface area contributed by atoms with Gasteiger partial charge < -0.3 is 15.5 Å². The van der Waals surface area contributed by atoms with Crippen molar-refractivity contribution in [3.63, 3.8) is 0 Å². The second-order valence-corrected chi connectivity index (χ2v) is 9.01. The van der Waals surface area contributed by atoms with Crippen molar-refractivity contribution in [3.05, 3.63) is 40.3 Å². The Hall–Kier alpha value is -2.34. The third-order valence-electron chi connectivity index (χ3n) is 4.76. The molecule has 0 unspecified atom stereocenters. The van der Waals surface area contributed by atoms with Crippen LogP contribution >= 0.6 is 11.3 Å². The highest BCUT2D eigenvalue weighted by atomic mass is 32.1. The number of aryl methyl sites for hydroxylation is 1. The summed E-state index contributed by atoms with van der Waals surface area (Å²) in [6.45, 7) is 11.6. The first-order valence-corrected chi connectivity index (χ1v) is 10.1. The van der Waals surface area contributed by atoms with Crippen LogP contribution in [0.1, 0.15) is 48.5 Å². The monoisotopic (exact) mass is 385 g/mol. The van der Waals surface area contributed by atoms with E-state index in [1.165, 1.54) is 22.6 Å². The maximum absolute atomic E-state index is 12.8. The Labute approximate surface area is 164 Å². The van der Waals surface area contributed by atoms with Crippen molar-refractivity contribution < 1.29 is 9.59 Å². The Bertz CT molecular complexity index is 880. The minimum absolute atomic E-state index is 0.0611. The Kier molecular flexibility index (Phi) is 5.29. The second-order valence-electron chi connectivity index (χ2n) is 7.95. The molecule has 3 rings (SSSR count). The van der Waals surface area contributed by atoms with Crippen molar-refractivity contribution >= 4 is 39.5 Å². The number of hydrogen-bond acceptors (Lipinski definition) is 4. The summed E-state index contributed by atoms with van der Waals surface area (Å²) in [5.41, 5.74) is 3.71. The fourth-order valence-corrected chi connectivity index (χ4v) is 4.07. The Balaban J connectivity index is 1.75. The molecule has 0 bridgehead atoms. The van der Waals surface area contributed by atoms with Crippen LogP contribution < -0.4 is 15.5 Å². The van der Waals surface area contributed by atoms with E-state index in [2.05, 4.69) is 34.6 Å². The molecule has 2 heterocycles. The molecular weight excluding hydrogens is 358 g/mol. The van der Waals surface area contributed by atoms with Crippen molar-refractivity contribution in [2.24, 2.45) is 5.41 Å². The number of nitrogens with one attached hydrogen (secondary N) is 2. The van der Waals surface area contributed by atoms with E-state index >= 15 is 0 Å². The predicted molar refractivity (Wildman–Crippen MR) is 113 cm³/mol. The first-order valence-electron chi connectivity index (χ1n) is 9.30. The van der Waals surface area contributed by atoms with Gasteiger partial charge in [-0.05, 0) is 49.6 Å². The third kappa shape index (κ3) is 4.16. The topological polar surface area (TPSA) is 61.4 Å². The number of likely N-dealkylation sites (N-methyl/N-ethyl adjacent to an activating group) is 1. The smallest absolute Gasteiger partial charge is 0.266 e. The number of carbonyl (C=O) groups is 2. The van der Waals surface area contributed by atoms with E-state index < -0.39 is 5.41 Å². The maximum Gasteiger partial charge on any atom is 0.266 e. The van der Waals surface area contributed by atoms with Gasteiger partial charge >= 0.3 is 0 Å². The van der Waals surface area contributed by atoms with Gasteiger partial charge in [0.2, 0.25) is 5.91 Å². The number of rotatable bonds is 4. The summed E-state index contributed by atoms with van der Waals surface area (Å²) < 4.78 is 0. The highest BCUT2D eigenvalue weighted by Crippen LogP contribution is 2.32. The molecule has 2 amide bonds. The highest BCUT2D eigenvalue weighted by molar-refractivity contribution is 7.18. The van der Waals surface area contributed by atoms with E-state index in [1.54, 1.807) is 0 Å². The summed E-state index contributed by atoms with van der Waals surface area (Å²) in [7, 11) is 0. The molecule has 0 spiro atoms. The molecule has 2 aromatic rings. The lowest BCUT2D eigenvalue weighted by atomic mass is 9.96. The van der Waals surface area contributed by atoms with E-state index in [1.807, 2.05) is 39.8 Å². The molecule has 1 aromatic heterocycles. The summed E-state index contributed by atoms with van der Waals surface area (Å²) in [6, 6.07) is 7.96. The Morgan fingerprint density at radius 1 is 1.19 bits per heavy atom. The predicted octanol–water partition coefficient (Wildman–Crippen LogP) is 4.68. The van der Waals surface area contributed by atoms with Crippen LogP contribution in [-0.2, 0) is 11.2 Å². The molecule has 0 aliphatic carbocycles. The minimum Gasteiger partial charge on any atom is -0.371 e. The molecule has 0 saturated heterocycles. The first kappa shape index (κ1) is 19.4. The lowest BCUT2D eigenvalue weighted by molar-refractivity contribution is -0.123. The van der Waals surface area contributed by atoms with Crippen LogP contribution in [0.4, 0.5) is 16.4 Å². The average molecular weight is 386 g/mol. The Morgan fingerprint density at radius 2 is 1.93 bits per heavy atom. The molecule has 0 fully saturated rings. The van der Waals surface area contributed by atoms with E-state index in [9.17, 15) is 9.59 Å². The van der Waals surface area contributed by atoms with Gasteiger partial charge in [-0.25, -0.2) is 0 Å². The lowest BCUT2D eigenvalue weighted by Gasteiger charge is -2.17.